The minimum absolute atomic E-state index is 0.0149. The highest BCUT2D eigenvalue weighted by Crippen LogP contribution is 2.15. The largest absolute Gasteiger partial charge is 0.330 e. The van der Waals surface area contributed by atoms with Crippen molar-refractivity contribution in [2.75, 3.05) is 26.7 Å². The van der Waals surface area contributed by atoms with E-state index in [0.717, 1.165) is 5.82 Å². The Morgan fingerprint density at radius 2 is 2.27 bits per heavy atom. The van der Waals surface area contributed by atoms with E-state index in [4.69, 9.17) is 5.26 Å². The van der Waals surface area contributed by atoms with Crippen LogP contribution in [-0.2, 0) is 17.9 Å². The van der Waals surface area contributed by atoms with Crippen molar-refractivity contribution < 1.29 is 9.59 Å². The number of likely N-dealkylation sites (N-methyl/N-ethyl adjacent to an activating group) is 1. The van der Waals surface area contributed by atoms with Gasteiger partial charge in [-0.05, 0) is 7.05 Å². The van der Waals surface area contributed by atoms with Gasteiger partial charge in [0.05, 0.1) is 25.4 Å². The highest BCUT2D eigenvalue weighted by molar-refractivity contribution is 5.92. The second-order valence-electron chi connectivity index (χ2n) is 5.28. The van der Waals surface area contributed by atoms with E-state index in [1.165, 1.54) is 13.0 Å². The van der Waals surface area contributed by atoms with Crippen LogP contribution in [0.25, 0.3) is 0 Å². The van der Waals surface area contributed by atoms with Gasteiger partial charge in [-0.15, -0.1) is 0 Å². The zero-order valence-corrected chi connectivity index (χ0v) is 12.8. The fourth-order valence-corrected chi connectivity index (χ4v) is 2.35. The minimum atomic E-state index is -0.0796. The lowest BCUT2D eigenvalue weighted by molar-refractivity contribution is -0.127. The molecule has 2 rings (SSSR count). The Labute approximate surface area is 129 Å². The van der Waals surface area contributed by atoms with Crippen LogP contribution in [0.2, 0.25) is 0 Å². The molecule has 1 amide bonds. The summed E-state index contributed by atoms with van der Waals surface area (Å²) < 4.78 is 1.87. The normalized spacial score (nSPS) is 14.2. The third-order valence-corrected chi connectivity index (χ3v) is 3.55. The van der Waals surface area contributed by atoms with Crippen molar-refractivity contribution in [3.8, 4) is 6.07 Å². The van der Waals surface area contributed by atoms with Gasteiger partial charge in [0.2, 0.25) is 5.91 Å². The lowest BCUT2D eigenvalue weighted by Gasteiger charge is -2.27. The number of rotatable bonds is 5. The van der Waals surface area contributed by atoms with Crippen LogP contribution in [-0.4, -0.2) is 57.7 Å². The molecule has 7 heteroatoms. The van der Waals surface area contributed by atoms with Crippen molar-refractivity contribution in [3.63, 3.8) is 0 Å². The molecule has 0 saturated heterocycles. The number of carbonyl (C=O) groups excluding carboxylic acids is 2. The van der Waals surface area contributed by atoms with Gasteiger partial charge in [-0.2, -0.15) is 5.26 Å². The summed E-state index contributed by atoms with van der Waals surface area (Å²) in [7, 11) is 1.82. The Bertz CT molecular complexity index is 641. The van der Waals surface area contributed by atoms with Crippen molar-refractivity contribution in [2.24, 2.45) is 0 Å². The summed E-state index contributed by atoms with van der Waals surface area (Å²) in [5, 5.41) is 8.56. The molecule has 1 aliphatic rings. The van der Waals surface area contributed by atoms with Gasteiger partial charge >= 0.3 is 0 Å². The smallest absolute Gasteiger partial charge is 0.246 e. The van der Waals surface area contributed by atoms with Crippen LogP contribution in [0, 0.1) is 11.3 Å². The van der Waals surface area contributed by atoms with Crippen LogP contribution in [0.1, 0.15) is 23.2 Å². The number of ketones is 1. The molecule has 0 bridgehead atoms. The molecule has 0 spiro atoms. The Hall–Kier alpha value is -2.46. The van der Waals surface area contributed by atoms with E-state index in [9.17, 15) is 9.59 Å². The van der Waals surface area contributed by atoms with E-state index in [0.29, 0.717) is 38.4 Å². The van der Waals surface area contributed by atoms with Gasteiger partial charge in [-0.3, -0.25) is 14.5 Å². The molecule has 0 atom stereocenters. The number of aromatic nitrogens is 2. The predicted octanol–water partition coefficient (Wildman–Crippen LogP) is 0.439. The molecule has 116 valence electrons. The summed E-state index contributed by atoms with van der Waals surface area (Å²) in [6.45, 7) is 3.94. The van der Waals surface area contributed by atoms with Crippen LogP contribution in [0.3, 0.4) is 0 Å². The van der Waals surface area contributed by atoms with E-state index in [2.05, 4.69) is 4.98 Å². The molecule has 0 saturated carbocycles. The third kappa shape index (κ3) is 3.59. The quantitative estimate of drug-likeness (QED) is 0.448. The summed E-state index contributed by atoms with van der Waals surface area (Å²) in [5.41, 5.74) is 0.593. The number of fused-ring (bicyclic) bond motifs is 1. The van der Waals surface area contributed by atoms with E-state index < -0.39 is 0 Å². The average Bonchev–Trinajstić information content (AvgIpc) is 2.90. The molecule has 22 heavy (non-hydrogen) atoms. The predicted molar refractivity (Wildman–Crippen MR) is 79.9 cm³/mol. The molecular formula is C15H19N5O2. The maximum Gasteiger partial charge on any atom is 0.246 e. The van der Waals surface area contributed by atoms with Gasteiger partial charge in [-0.25, -0.2) is 4.98 Å². The summed E-state index contributed by atoms with van der Waals surface area (Å²) in [5.74, 6) is 0.641. The molecule has 0 aliphatic carbocycles. The molecule has 0 unspecified atom stereocenters. The molecule has 0 aromatic carbocycles. The van der Waals surface area contributed by atoms with E-state index >= 15 is 0 Å². The lowest BCUT2D eigenvalue weighted by atomic mass is 10.3. The van der Waals surface area contributed by atoms with Crippen LogP contribution in [0.5, 0.6) is 0 Å². The Balaban J connectivity index is 1.95. The van der Waals surface area contributed by atoms with Gasteiger partial charge in [0.25, 0.3) is 0 Å². The van der Waals surface area contributed by atoms with Crippen LogP contribution in [0.4, 0.5) is 0 Å². The van der Waals surface area contributed by atoms with Gasteiger partial charge in [-0.1, -0.05) is 6.08 Å². The highest BCUT2D eigenvalue weighted by atomic mass is 16.2. The topological polar surface area (TPSA) is 82.2 Å². The van der Waals surface area contributed by atoms with Crippen LogP contribution >= 0.6 is 0 Å². The fraction of sp³-hybridized carbons (Fsp3) is 0.467. The molecule has 0 N–H and O–H groups in total. The van der Waals surface area contributed by atoms with E-state index in [-0.39, 0.29) is 11.7 Å². The second-order valence-corrected chi connectivity index (χ2v) is 5.28. The number of imidazole rings is 1. The summed E-state index contributed by atoms with van der Waals surface area (Å²) in [6, 6.07) is 2.05. The number of carbonyl (C=O) groups is 2. The first kappa shape index (κ1) is 15.9. The van der Waals surface area contributed by atoms with Crippen molar-refractivity contribution in [2.45, 2.75) is 20.0 Å². The van der Waals surface area contributed by atoms with Gasteiger partial charge in [0, 0.05) is 32.6 Å². The Morgan fingerprint density at radius 3 is 2.95 bits per heavy atom. The Morgan fingerprint density at radius 1 is 1.50 bits per heavy atom. The number of Topliss-reactive ketones (excluding diaryl/α,β-unsaturated/α-hetero) is 1. The molecule has 7 nitrogen and oxygen atoms in total. The first-order valence-corrected chi connectivity index (χ1v) is 7.09. The standard InChI is InChI=1S/C15H19N5O2/c1-12(21)13-10-17-14-11-19(8-9-20(13)14)15(22)4-3-6-18(2)7-5-16/h3-4,10H,6-9,11H2,1-2H3/b4-3+. The minimum Gasteiger partial charge on any atom is -0.330 e. The average molecular weight is 301 g/mol. The molecule has 0 fully saturated rings. The lowest BCUT2D eigenvalue weighted by Crippen LogP contribution is -2.38. The van der Waals surface area contributed by atoms with Crippen molar-refractivity contribution in [1.29, 1.82) is 5.26 Å². The SMILES string of the molecule is CC(=O)c1cnc2n1CCN(C(=O)/C=C/CN(C)CC#N)C2. The first-order chi connectivity index (χ1) is 10.5. The molecule has 0 radical (unpaired) electrons. The molecular weight excluding hydrogens is 282 g/mol. The second kappa shape index (κ2) is 7.00. The fourth-order valence-electron chi connectivity index (χ4n) is 2.35. The summed E-state index contributed by atoms with van der Waals surface area (Å²) in [4.78, 5) is 31.3. The van der Waals surface area contributed by atoms with Crippen LogP contribution in [0.15, 0.2) is 18.3 Å². The number of amides is 1. The van der Waals surface area contributed by atoms with Gasteiger partial charge < -0.3 is 9.47 Å². The first-order valence-electron chi connectivity index (χ1n) is 7.09. The maximum atomic E-state index is 12.1. The van der Waals surface area contributed by atoms with Crippen LogP contribution < -0.4 is 0 Å². The zero-order valence-electron chi connectivity index (χ0n) is 12.8. The summed E-state index contributed by atoms with van der Waals surface area (Å²) in [6.07, 6.45) is 4.85. The molecule has 1 aromatic heterocycles. The maximum absolute atomic E-state index is 12.1. The number of hydrogen-bond acceptors (Lipinski definition) is 5. The van der Waals surface area contributed by atoms with Crippen molar-refractivity contribution >= 4 is 11.7 Å². The molecule has 1 aliphatic heterocycles. The monoisotopic (exact) mass is 301 g/mol. The number of nitriles is 1. The molecule has 1 aromatic rings. The number of hydrogen-bond donors (Lipinski definition) is 0. The number of nitrogens with zero attached hydrogens (tertiary/aromatic N) is 5. The summed E-state index contributed by atoms with van der Waals surface area (Å²) >= 11 is 0. The Kier molecular flexibility index (Phi) is 5.07. The highest BCUT2D eigenvalue weighted by Gasteiger charge is 2.23. The van der Waals surface area contributed by atoms with Gasteiger partial charge in [0.15, 0.2) is 5.78 Å². The van der Waals surface area contributed by atoms with E-state index in [1.54, 1.807) is 17.2 Å². The van der Waals surface area contributed by atoms with Crippen molar-refractivity contribution in [1.82, 2.24) is 19.4 Å². The van der Waals surface area contributed by atoms with Gasteiger partial charge in [0.1, 0.15) is 11.5 Å². The third-order valence-electron chi connectivity index (χ3n) is 3.55. The molecule has 2 heterocycles. The van der Waals surface area contributed by atoms with E-state index in [1.807, 2.05) is 22.6 Å². The van der Waals surface area contributed by atoms with Crippen molar-refractivity contribution in [3.05, 3.63) is 29.9 Å². The zero-order chi connectivity index (χ0) is 16.1.